The van der Waals surface area contributed by atoms with Crippen molar-refractivity contribution in [2.24, 2.45) is 0 Å². The summed E-state index contributed by atoms with van der Waals surface area (Å²) in [5, 5.41) is 16.4. The van der Waals surface area contributed by atoms with Gasteiger partial charge in [-0.15, -0.1) is 0 Å². The molecule has 1 aromatic heterocycles. The number of hydrogen-bond acceptors (Lipinski definition) is 4. The molecule has 4 rings (SSSR count). The lowest BCUT2D eigenvalue weighted by atomic mass is 10.0. The van der Waals surface area contributed by atoms with Crippen molar-refractivity contribution in [1.29, 1.82) is 0 Å². The van der Waals surface area contributed by atoms with Gasteiger partial charge in [-0.1, -0.05) is 42.5 Å². The topological polar surface area (TPSA) is 99.2 Å². The molecule has 4 aromatic rings. The first kappa shape index (κ1) is 20.3. The van der Waals surface area contributed by atoms with E-state index in [2.05, 4.69) is 5.32 Å². The van der Waals surface area contributed by atoms with E-state index in [9.17, 15) is 19.7 Å². The van der Waals surface area contributed by atoms with Crippen LogP contribution in [-0.4, -0.2) is 20.0 Å². The zero-order valence-corrected chi connectivity index (χ0v) is 17.3. The minimum Gasteiger partial charge on any atom is -0.320 e. The van der Waals surface area contributed by atoms with Crippen molar-refractivity contribution in [2.75, 3.05) is 5.32 Å². The third-order valence-corrected chi connectivity index (χ3v) is 5.47. The summed E-state index contributed by atoms with van der Waals surface area (Å²) in [5.74, 6) is -0.362. The number of nitrogens with one attached hydrogen (secondary N) is 1. The molecule has 0 spiro atoms. The third-order valence-electron chi connectivity index (χ3n) is 5.47. The van der Waals surface area contributed by atoms with E-state index >= 15 is 0 Å². The fourth-order valence-corrected chi connectivity index (χ4v) is 4.03. The van der Waals surface area contributed by atoms with E-state index in [4.69, 9.17) is 0 Å². The molecule has 0 saturated heterocycles. The highest BCUT2D eigenvalue weighted by Gasteiger charge is 2.22. The molecule has 0 aliphatic rings. The molecule has 0 aliphatic carbocycles. The molecule has 0 aliphatic heterocycles. The van der Waals surface area contributed by atoms with Gasteiger partial charge in [-0.25, -0.2) is 4.79 Å². The van der Waals surface area contributed by atoms with Gasteiger partial charge in [0, 0.05) is 19.2 Å². The molecule has 31 heavy (non-hydrogen) atoms. The number of hydrogen-bond donors (Lipinski definition) is 1. The van der Waals surface area contributed by atoms with Crippen molar-refractivity contribution in [2.45, 2.75) is 33.4 Å². The minimum absolute atomic E-state index is 0.0765. The zero-order chi connectivity index (χ0) is 22.1. The van der Waals surface area contributed by atoms with E-state index < -0.39 is 4.92 Å². The van der Waals surface area contributed by atoms with Crippen molar-refractivity contribution >= 4 is 39.1 Å². The van der Waals surface area contributed by atoms with Crippen LogP contribution in [0.3, 0.4) is 0 Å². The average molecular weight is 418 g/mol. The van der Waals surface area contributed by atoms with Crippen molar-refractivity contribution < 1.29 is 9.72 Å². The highest BCUT2D eigenvalue weighted by molar-refractivity contribution is 5.99. The average Bonchev–Trinajstić information content (AvgIpc) is 3.02. The predicted molar refractivity (Wildman–Crippen MR) is 120 cm³/mol. The van der Waals surface area contributed by atoms with E-state index in [-0.39, 0.29) is 29.4 Å². The Hall–Kier alpha value is -3.94. The van der Waals surface area contributed by atoms with E-state index in [1.165, 1.54) is 16.7 Å². The molecular weight excluding hydrogens is 396 g/mol. The van der Waals surface area contributed by atoms with Gasteiger partial charge in [-0.2, -0.15) is 0 Å². The van der Waals surface area contributed by atoms with Crippen LogP contribution in [0.2, 0.25) is 0 Å². The smallest absolute Gasteiger partial charge is 0.320 e. The lowest BCUT2D eigenvalue weighted by molar-refractivity contribution is -0.383. The summed E-state index contributed by atoms with van der Waals surface area (Å²) in [6.07, 6.45) is 0.0765. The number of nitro groups is 1. The number of nitro benzene ring substituents is 1. The van der Waals surface area contributed by atoms with Gasteiger partial charge in [0.1, 0.15) is 5.69 Å². The first-order valence-electron chi connectivity index (χ1n) is 10.1. The molecule has 158 valence electrons. The van der Waals surface area contributed by atoms with E-state index in [0.717, 1.165) is 16.3 Å². The second-order valence-electron chi connectivity index (χ2n) is 7.25. The SMILES string of the molecule is CCn1c(=O)n(CC)c2cc([N+](=O)[O-])c(NC(=O)Cc3cccc4ccccc34)cc21. The maximum Gasteiger partial charge on any atom is 0.329 e. The van der Waals surface area contributed by atoms with Gasteiger partial charge in [0.15, 0.2) is 0 Å². The third kappa shape index (κ3) is 3.56. The molecule has 1 N–H and O–H groups in total. The Balaban J connectivity index is 1.74. The van der Waals surface area contributed by atoms with Crippen LogP contribution >= 0.6 is 0 Å². The van der Waals surface area contributed by atoms with Gasteiger partial charge in [0.25, 0.3) is 5.69 Å². The summed E-state index contributed by atoms with van der Waals surface area (Å²) >= 11 is 0. The van der Waals surface area contributed by atoms with Crippen molar-refractivity contribution in [3.05, 3.63) is 80.8 Å². The Morgan fingerprint density at radius 3 is 2.32 bits per heavy atom. The van der Waals surface area contributed by atoms with Gasteiger partial charge >= 0.3 is 5.69 Å². The van der Waals surface area contributed by atoms with Crippen molar-refractivity contribution in [1.82, 2.24) is 9.13 Å². The number of rotatable bonds is 6. The first-order valence-corrected chi connectivity index (χ1v) is 10.1. The van der Waals surface area contributed by atoms with E-state index in [1.54, 1.807) is 4.57 Å². The Kier molecular flexibility index (Phi) is 5.29. The van der Waals surface area contributed by atoms with Gasteiger partial charge in [-0.05, 0) is 36.2 Å². The number of aryl methyl sites for hydroxylation is 2. The summed E-state index contributed by atoms with van der Waals surface area (Å²) in [6, 6.07) is 16.4. The number of benzene rings is 3. The Bertz CT molecular complexity index is 1380. The fourth-order valence-electron chi connectivity index (χ4n) is 4.03. The van der Waals surface area contributed by atoms with Crippen LogP contribution < -0.4 is 11.0 Å². The van der Waals surface area contributed by atoms with E-state index in [1.807, 2.05) is 56.3 Å². The number of nitrogens with zero attached hydrogens (tertiary/aromatic N) is 3. The number of aromatic nitrogens is 2. The predicted octanol–water partition coefficient (Wildman–Crippen LogP) is 4.09. The van der Waals surface area contributed by atoms with Crippen LogP contribution in [0.15, 0.2) is 59.4 Å². The Morgan fingerprint density at radius 2 is 1.65 bits per heavy atom. The van der Waals surface area contributed by atoms with Gasteiger partial charge < -0.3 is 5.32 Å². The molecule has 3 aromatic carbocycles. The Labute approximate surface area is 177 Å². The maximum atomic E-state index is 12.8. The molecule has 8 nitrogen and oxygen atoms in total. The second kappa shape index (κ2) is 8.06. The van der Waals surface area contributed by atoms with Crippen molar-refractivity contribution in [3.8, 4) is 0 Å². The maximum absolute atomic E-state index is 12.8. The highest BCUT2D eigenvalue weighted by Crippen LogP contribution is 2.30. The van der Waals surface area contributed by atoms with Crippen molar-refractivity contribution in [3.63, 3.8) is 0 Å². The van der Waals surface area contributed by atoms with Crippen LogP contribution in [0.1, 0.15) is 19.4 Å². The number of anilines is 1. The molecule has 1 heterocycles. The Morgan fingerprint density at radius 1 is 1.00 bits per heavy atom. The van der Waals surface area contributed by atoms with Gasteiger partial charge in [0.05, 0.1) is 22.4 Å². The zero-order valence-electron chi connectivity index (χ0n) is 17.3. The number of amides is 1. The van der Waals surface area contributed by atoms with Crippen LogP contribution in [0.4, 0.5) is 11.4 Å². The molecule has 8 heteroatoms. The largest absolute Gasteiger partial charge is 0.329 e. The molecule has 0 atom stereocenters. The first-order chi connectivity index (χ1) is 14.9. The summed E-state index contributed by atoms with van der Waals surface area (Å²) in [5.41, 5.74) is 1.48. The quantitative estimate of drug-likeness (QED) is 0.377. The van der Waals surface area contributed by atoms with Crippen LogP contribution in [0.5, 0.6) is 0 Å². The molecular formula is C23H22N4O4. The number of imidazole rings is 1. The summed E-state index contributed by atoms with van der Waals surface area (Å²) in [7, 11) is 0. The van der Waals surface area contributed by atoms with E-state index in [0.29, 0.717) is 24.1 Å². The van der Waals surface area contributed by atoms with Crippen LogP contribution in [-0.2, 0) is 24.3 Å². The van der Waals surface area contributed by atoms with Crippen LogP contribution in [0.25, 0.3) is 21.8 Å². The standard InChI is InChI=1S/C23H22N4O4/c1-3-25-20-13-18(19(27(30)31)14-21(20)26(4-2)23(25)29)24-22(28)12-16-10-7-9-15-8-5-6-11-17(15)16/h5-11,13-14H,3-4,12H2,1-2H3,(H,24,28). The molecule has 1 amide bonds. The second-order valence-corrected chi connectivity index (χ2v) is 7.25. The molecule has 0 fully saturated rings. The minimum atomic E-state index is -0.541. The van der Waals surface area contributed by atoms with Crippen LogP contribution in [0, 0.1) is 10.1 Å². The molecule has 0 radical (unpaired) electrons. The van der Waals surface area contributed by atoms with Gasteiger partial charge in [-0.3, -0.25) is 24.0 Å². The van der Waals surface area contributed by atoms with Gasteiger partial charge in [0.2, 0.25) is 5.91 Å². The lowest BCUT2D eigenvalue weighted by Crippen LogP contribution is -2.23. The number of carbonyl (C=O) groups is 1. The molecule has 0 saturated carbocycles. The molecule has 0 unspecified atom stereocenters. The summed E-state index contributed by atoms with van der Waals surface area (Å²) in [4.78, 5) is 36.6. The monoisotopic (exact) mass is 418 g/mol. The number of fused-ring (bicyclic) bond motifs is 2. The fraction of sp³-hybridized carbons (Fsp3) is 0.217. The lowest BCUT2D eigenvalue weighted by Gasteiger charge is -2.09. The molecule has 0 bridgehead atoms. The highest BCUT2D eigenvalue weighted by atomic mass is 16.6. The summed E-state index contributed by atoms with van der Waals surface area (Å²) < 4.78 is 3.04. The normalized spacial score (nSPS) is 11.2. The number of carbonyl (C=O) groups excluding carboxylic acids is 1. The summed E-state index contributed by atoms with van der Waals surface area (Å²) in [6.45, 7) is 4.46.